The van der Waals surface area contributed by atoms with Crippen LogP contribution in [0.25, 0.3) is 11.4 Å². The molecule has 0 spiro atoms. The van der Waals surface area contributed by atoms with Gasteiger partial charge in [0, 0.05) is 11.8 Å². The van der Waals surface area contributed by atoms with Gasteiger partial charge in [-0.1, -0.05) is 0 Å². The Bertz CT molecular complexity index is 537. The molecule has 0 aliphatic rings. The van der Waals surface area contributed by atoms with Crippen molar-refractivity contribution in [3.05, 3.63) is 47.5 Å². The summed E-state index contributed by atoms with van der Waals surface area (Å²) in [5, 5.41) is 8.86. The van der Waals surface area contributed by atoms with E-state index in [-0.39, 0.29) is 18.0 Å². The molecule has 0 amide bonds. The molecule has 17 heavy (non-hydrogen) atoms. The molecule has 1 N–H and O–H groups in total. The Morgan fingerprint density at radius 3 is 2.35 bits per heavy atom. The average molecular weight is 240 g/mol. The summed E-state index contributed by atoms with van der Waals surface area (Å²) in [6, 6.07) is 3.06. The minimum Gasteiger partial charge on any atom is -0.390 e. The van der Waals surface area contributed by atoms with Crippen molar-refractivity contribution in [3.8, 4) is 11.4 Å². The van der Waals surface area contributed by atoms with Crippen LogP contribution in [0.5, 0.6) is 0 Å². The molecular formula is C11H7F3N2O. The van der Waals surface area contributed by atoms with Crippen molar-refractivity contribution in [2.24, 2.45) is 0 Å². The lowest BCUT2D eigenvalue weighted by molar-refractivity contribution is 0.277. The van der Waals surface area contributed by atoms with E-state index in [0.717, 1.165) is 12.1 Å². The molecule has 1 aromatic heterocycles. The number of hydrogen-bond donors (Lipinski definition) is 1. The first-order valence-electron chi connectivity index (χ1n) is 4.69. The second-order valence-electron chi connectivity index (χ2n) is 3.28. The van der Waals surface area contributed by atoms with E-state index in [1.54, 1.807) is 0 Å². The third kappa shape index (κ3) is 2.26. The number of halogens is 3. The zero-order valence-electron chi connectivity index (χ0n) is 8.49. The zero-order valence-corrected chi connectivity index (χ0v) is 8.49. The van der Waals surface area contributed by atoms with Crippen LogP contribution in [0.1, 0.15) is 5.69 Å². The van der Waals surface area contributed by atoms with Gasteiger partial charge in [0.25, 0.3) is 0 Å². The first-order valence-corrected chi connectivity index (χ1v) is 4.69. The van der Waals surface area contributed by atoms with E-state index in [2.05, 4.69) is 9.97 Å². The molecule has 1 aromatic carbocycles. The van der Waals surface area contributed by atoms with E-state index in [1.165, 1.54) is 12.3 Å². The number of aliphatic hydroxyl groups excluding tert-OH is 1. The summed E-state index contributed by atoms with van der Waals surface area (Å²) in [4.78, 5) is 7.65. The van der Waals surface area contributed by atoms with Gasteiger partial charge >= 0.3 is 0 Å². The molecule has 0 saturated heterocycles. The number of benzene rings is 1. The molecule has 2 aromatic rings. The van der Waals surface area contributed by atoms with E-state index < -0.39 is 17.5 Å². The number of hydrogen-bond acceptors (Lipinski definition) is 3. The lowest BCUT2D eigenvalue weighted by Gasteiger charge is -2.03. The fourth-order valence-corrected chi connectivity index (χ4v) is 1.31. The summed E-state index contributed by atoms with van der Waals surface area (Å²) in [6.45, 7) is -0.318. The van der Waals surface area contributed by atoms with Crippen molar-refractivity contribution >= 4 is 0 Å². The zero-order chi connectivity index (χ0) is 12.4. The molecule has 2 rings (SSSR count). The first kappa shape index (κ1) is 11.5. The molecular weight excluding hydrogens is 233 g/mol. The van der Waals surface area contributed by atoms with E-state index >= 15 is 0 Å². The molecule has 0 saturated carbocycles. The number of aromatic nitrogens is 2. The monoisotopic (exact) mass is 240 g/mol. The van der Waals surface area contributed by atoms with Gasteiger partial charge in [-0.15, -0.1) is 0 Å². The molecule has 0 radical (unpaired) electrons. The lowest BCUT2D eigenvalue weighted by Crippen LogP contribution is -1.97. The summed E-state index contributed by atoms with van der Waals surface area (Å²) in [5.41, 5.74) is 0.317. The Balaban J connectivity index is 2.52. The maximum absolute atomic E-state index is 13.0. The Labute approximate surface area is 94.6 Å². The Hall–Kier alpha value is -1.95. The van der Waals surface area contributed by atoms with Gasteiger partial charge in [0.15, 0.2) is 23.3 Å². The number of nitrogens with zero attached hydrogens (tertiary/aromatic N) is 2. The largest absolute Gasteiger partial charge is 0.390 e. The summed E-state index contributed by atoms with van der Waals surface area (Å²) >= 11 is 0. The molecule has 0 aliphatic heterocycles. The topological polar surface area (TPSA) is 46.0 Å². The molecule has 0 bridgehead atoms. The van der Waals surface area contributed by atoms with E-state index in [0.29, 0.717) is 5.69 Å². The minimum atomic E-state index is -1.54. The summed E-state index contributed by atoms with van der Waals surface area (Å²) in [6.07, 6.45) is 1.34. The van der Waals surface area contributed by atoms with Gasteiger partial charge in [-0.25, -0.2) is 23.1 Å². The normalized spacial score (nSPS) is 10.6. The highest BCUT2D eigenvalue weighted by Crippen LogP contribution is 2.20. The van der Waals surface area contributed by atoms with Crippen molar-refractivity contribution in [1.82, 2.24) is 9.97 Å². The first-order chi connectivity index (χ1) is 8.11. The molecule has 88 valence electrons. The Kier molecular flexibility index (Phi) is 3.06. The molecule has 0 atom stereocenters. The summed E-state index contributed by atoms with van der Waals surface area (Å²) in [5.74, 6) is -4.13. The fourth-order valence-electron chi connectivity index (χ4n) is 1.31. The van der Waals surface area contributed by atoms with Crippen LogP contribution in [0.3, 0.4) is 0 Å². The third-order valence-electron chi connectivity index (χ3n) is 2.12. The van der Waals surface area contributed by atoms with Gasteiger partial charge in [0.1, 0.15) is 0 Å². The van der Waals surface area contributed by atoms with Gasteiger partial charge in [-0.3, -0.25) is 0 Å². The second kappa shape index (κ2) is 4.50. The molecule has 6 heteroatoms. The number of aliphatic hydroxyl groups is 1. The summed E-state index contributed by atoms with van der Waals surface area (Å²) in [7, 11) is 0. The van der Waals surface area contributed by atoms with Crippen LogP contribution in [0.4, 0.5) is 13.2 Å². The average Bonchev–Trinajstić information content (AvgIpc) is 2.35. The molecule has 0 unspecified atom stereocenters. The highest BCUT2D eigenvalue weighted by Gasteiger charge is 2.13. The van der Waals surface area contributed by atoms with E-state index in [4.69, 9.17) is 5.11 Å². The van der Waals surface area contributed by atoms with E-state index in [1.807, 2.05) is 0 Å². The Morgan fingerprint density at radius 1 is 1.12 bits per heavy atom. The van der Waals surface area contributed by atoms with Gasteiger partial charge in [-0.05, 0) is 18.2 Å². The van der Waals surface area contributed by atoms with E-state index in [9.17, 15) is 13.2 Å². The van der Waals surface area contributed by atoms with Crippen LogP contribution in [-0.2, 0) is 6.61 Å². The standard InChI is InChI=1S/C11H7F3N2O/c12-8-3-6(4-9(13)10(8)14)11-15-2-1-7(5-17)16-11/h1-4,17H,5H2. The SMILES string of the molecule is OCc1ccnc(-c2cc(F)c(F)c(F)c2)n1. The van der Waals surface area contributed by atoms with Gasteiger partial charge < -0.3 is 5.11 Å². The van der Waals surface area contributed by atoms with Crippen molar-refractivity contribution < 1.29 is 18.3 Å². The fraction of sp³-hybridized carbons (Fsp3) is 0.0909. The third-order valence-corrected chi connectivity index (χ3v) is 2.12. The van der Waals surface area contributed by atoms with Crippen LogP contribution in [0, 0.1) is 17.5 Å². The maximum atomic E-state index is 13.0. The van der Waals surface area contributed by atoms with Crippen LogP contribution < -0.4 is 0 Å². The van der Waals surface area contributed by atoms with Gasteiger partial charge in [-0.2, -0.15) is 0 Å². The molecule has 1 heterocycles. The summed E-state index contributed by atoms with van der Waals surface area (Å²) < 4.78 is 38.7. The van der Waals surface area contributed by atoms with Crippen LogP contribution >= 0.6 is 0 Å². The Morgan fingerprint density at radius 2 is 1.76 bits per heavy atom. The highest BCUT2D eigenvalue weighted by molar-refractivity contribution is 5.55. The lowest BCUT2D eigenvalue weighted by atomic mass is 10.2. The van der Waals surface area contributed by atoms with Crippen LogP contribution in [0.15, 0.2) is 24.4 Å². The van der Waals surface area contributed by atoms with Crippen molar-refractivity contribution in [2.75, 3.05) is 0 Å². The highest BCUT2D eigenvalue weighted by atomic mass is 19.2. The maximum Gasteiger partial charge on any atom is 0.194 e. The van der Waals surface area contributed by atoms with Crippen molar-refractivity contribution in [2.45, 2.75) is 6.61 Å². The minimum absolute atomic E-state index is 0.0108. The van der Waals surface area contributed by atoms with Crippen molar-refractivity contribution in [3.63, 3.8) is 0 Å². The molecule has 3 nitrogen and oxygen atoms in total. The quantitative estimate of drug-likeness (QED) is 0.817. The number of rotatable bonds is 2. The smallest absolute Gasteiger partial charge is 0.194 e. The van der Waals surface area contributed by atoms with Gasteiger partial charge in [0.2, 0.25) is 0 Å². The molecule has 0 fully saturated rings. The van der Waals surface area contributed by atoms with Gasteiger partial charge in [0.05, 0.1) is 12.3 Å². The predicted octanol–water partition coefficient (Wildman–Crippen LogP) is 2.05. The molecule has 0 aliphatic carbocycles. The predicted molar refractivity (Wildman–Crippen MR) is 53.3 cm³/mol. The van der Waals surface area contributed by atoms with Crippen molar-refractivity contribution in [1.29, 1.82) is 0 Å². The van der Waals surface area contributed by atoms with Crippen LogP contribution in [0.2, 0.25) is 0 Å². The van der Waals surface area contributed by atoms with Crippen LogP contribution in [-0.4, -0.2) is 15.1 Å². The second-order valence-corrected chi connectivity index (χ2v) is 3.28.